The fourth-order valence-electron chi connectivity index (χ4n) is 2.21. The second-order valence-electron chi connectivity index (χ2n) is 4.31. The fraction of sp³-hybridized carbons (Fsp3) is 0.700. The lowest BCUT2D eigenvalue weighted by Crippen LogP contribution is -2.42. The van der Waals surface area contributed by atoms with Crippen LogP contribution in [0.25, 0.3) is 0 Å². The van der Waals surface area contributed by atoms with Crippen LogP contribution in [0.1, 0.15) is 12.8 Å². The van der Waals surface area contributed by atoms with Crippen LogP contribution in [0.4, 0.5) is 0 Å². The van der Waals surface area contributed by atoms with Gasteiger partial charge in [-0.2, -0.15) is 0 Å². The van der Waals surface area contributed by atoms with Crippen LogP contribution in [0, 0.1) is 5.92 Å². The number of aliphatic hydroxyl groups is 1. The van der Waals surface area contributed by atoms with E-state index in [0.29, 0.717) is 6.54 Å². The van der Waals surface area contributed by atoms with Gasteiger partial charge in [0, 0.05) is 32.5 Å². The predicted octanol–water partition coefficient (Wildman–Crippen LogP) is -1.42. The molecular weight excluding hydrogens is 212 g/mol. The van der Waals surface area contributed by atoms with Crippen molar-refractivity contribution in [2.45, 2.75) is 18.9 Å². The molecule has 2 saturated heterocycles. The van der Waals surface area contributed by atoms with Crippen molar-refractivity contribution in [1.82, 2.24) is 9.80 Å². The number of rotatable bonds is 2. The highest BCUT2D eigenvalue weighted by Gasteiger charge is 2.44. The Morgan fingerprint density at radius 3 is 2.38 bits per heavy atom. The molecule has 88 valence electrons. The lowest BCUT2D eigenvalue weighted by Gasteiger charge is -2.21. The summed E-state index contributed by atoms with van der Waals surface area (Å²) < 4.78 is 0. The van der Waals surface area contributed by atoms with Crippen LogP contribution in [0.15, 0.2) is 0 Å². The summed E-state index contributed by atoms with van der Waals surface area (Å²) in [4.78, 5) is 37.1. The van der Waals surface area contributed by atoms with Gasteiger partial charge in [-0.05, 0) is 0 Å². The molecule has 2 rings (SSSR count). The Morgan fingerprint density at radius 2 is 1.94 bits per heavy atom. The molecule has 0 aliphatic carbocycles. The quantitative estimate of drug-likeness (QED) is 0.586. The Hall–Kier alpha value is -1.43. The number of hydrogen-bond acceptors (Lipinski definition) is 4. The van der Waals surface area contributed by atoms with E-state index >= 15 is 0 Å². The van der Waals surface area contributed by atoms with Crippen LogP contribution < -0.4 is 0 Å². The summed E-state index contributed by atoms with van der Waals surface area (Å²) in [5, 5.41) is 8.97. The molecule has 2 aliphatic heterocycles. The monoisotopic (exact) mass is 226 g/mol. The van der Waals surface area contributed by atoms with Crippen molar-refractivity contribution in [2.75, 3.05) is 20.2 Å². The third-order valence-electron chi connectivity index (χ3n) is 3.23. The number of aliphatic hydroxyl groups excluding tert-OH is 1. The van der Waals surface area contributed by atoms with Crippen LogP contribution in [0.3, 0.4) is 0 Å². The van der Waals surface area contributed by atoms with Crippen molar-refractivity contribution in [1.29, 1.82) is 0 Å². The van der Waals surface area contributed by atoms with Gasteiger partial charge in [-0.15, -0.1) is 0 Å². The number of nitrogens with zero attached hydrogens (tertiary/aromatic N) is 2. The number of likely N-dealkylation sites (N-methyl/N-ethyl adjacent to an activating group) is 1. The van der Waals surface area contributed by atoms with Gasteiger partial charge < -0.3 is 10.0 Å². The van der Waals surface area contributed by atoms with E-state index in [4.69, 9.17) is 5.11 Å². The third kappa shape index (κ3) is 1.59. The maximum atomic E-state index is 11.7. The lowest BCUT2D eigenvalue weighted by molar-refractivity contribution is -0.141. The molecule has 0 aromatic carbocycles. The van der Waals surface area contributed by atoms with E-state index in [1.807, 2.05) is 0 Å². The first-order valence-electron chi connectivity index (χ1n) is 5.25. The molecule has 2 atom stereocenters. The van der Waals surface area contributed by atoms with E-state index < -0.39 is 6.04 Å². The van der Waals surface area contributed by atoms with Crippen molar-refractivity contribution in [3.8, 4) is 0 Å². The minimum Gasteiger partial charge on any atom is -0.396 e. The summed E-state index contributed by atoms with van der Waals surface area (Å²) in [6.07, 6.45) is 0.331. The number of hydrogen-bond donors (Lipinski definition) is 1. The average molecular weight is 226 g/mol. The smallest absolute Gasteiger partial charge is 0.252 e. The third-order valence-corrected chi connectivity index (χ3v) is 3.23. The zero-order chi connectivity index (χ0) is 11.9. The molecule has 16 heavy (non-hydrogen) atoms. The molecule has 2 aliphatic rings. The van der Waals surface area contributed by atoms with Crippen LogP contribution in [-0.4, -0.2) is 58.9 Å². The predicted molar refractivity (Wildman–Crippen MR) is 53.1 cm³/mol. The highest BCUT2D eigenvalue weighted by atomic mass is 16.3. The Kier molecular flexibility index (Phi) is 2.67. The minimum atomic E-state index is -0.651. The largest absolute Gasteiger partial charge is 0.396 e. The molecule has 2 heterocycles. The zero-order valence-electron chi connectivity index (χ0n) is 9.05. The molecule has 0 radical (unpaired) electrons. The number of carbonyl (C=O) groups is 3. The van der Waals surface area contributed by atoms with Crippen LogP contribution in [0.2, 0.25) is 0 Å². The minimum absolute atomic E-state index is 0.0626. The molecule has 0 saturated carbocycles. The molecule has 6 heteroatoms. The Labute approximate surface area is 92.8 Å². The van der Waals surface area contributed by atoms with Gasteiger partial charge in [-0.3, -0.25) is 19.3 Å². The van der Waals surface area contributed by atoms with E-state index in [9.17, 15) is 14.4 Å². The Balaban J connectivity index is 2.12. The molecule has 0 aromatic heterocycles. The molecule has 2 unspecified atom stereocenters. The van der Waals surface area contributed by atoms with Crippen molar-refractivity contribution < 1.29 is 19.5 Å². The second kappa shape index (κ2) is 3.86. The summed E-state index contributed by atoms with van der Waals surface area (Å²) in [5.41, 5.74) is 0. The van der Waals surface area contributed by atoms with Crippen molar-refractivity contribution in [2.24, 2.45) is 5.92 Å². The first-order valence-corrected chi connectivity index (χ1v) is 5.25. The van der Waals surface area contributed by atoms with Gasteiger partial charge in [0.15, 0.2) is 0 Å². The van der Waals surface area contributed by atoms with Gasteiger partial charge in [0.25, 0.3) is 5.91 Å². The highest BCUT2D eigenvalue weighted by molar-refractivity contribution is 6.06. The van der Waals surface area contributed by atoms with Crippen LogP contribution >= 0.6 is 0 Å². The fourth-order valence-corrected chi connectivity index (χ4v) is 2.21. The maximum Gasteiger partial charge on any atom is 0.252 e. The first kappa shape index (κ1) is 11.1. The molecule has 6 nitrogen and oxygen atoms in total. The standard InChI is InChI=1S/C10H14N2O4/c1-11-8(14)3-7(10(11)16)12-4-6(5-13)2-9(12)15/h6-7,13H,2-5H2,1H3. The van der Waals surface area contributed by atoms with Crippen molar-refractivity contribution in [3.05, 3.63) is 0 Å². The normalized spacial score (nSPS) is 30.8. The van der Waals surface area contributed by atoms with Gasteiger partial charge in [0.2, 0.25) is 11.8 Å². The Morgan fingerprint density at radius 1 is 1.25 bits per heavy atom. The van der Waals surface area contributed by atoms with Crippen molar-refractivity contribution >= 4 is 17.7 Å². The van der Waals surface area contributed by atoms with Crippen LogP contribution in [-0.2, 0) is 14.4 Å². The van der Waals surface area contributed by atoms with Gasteiger partial charge in [-0.25, -0.2) is 0 Å². The van der Waals surface area contributed by atoms with Gasteiger partial charge in [-0.1, -0.05) is 0 Å². The molecule has 0 aromatic rings. The number of imide groups is 1. The number of likely N-dealkylation sites (tertiary alicyclic amines) is 2. The number of amides is 3. The highest BCUT2D eigenvalue weighted by Crippen LogP contribution is 2.25. The zero-order valence-corrected chi connectivity index (χ0v) is 9.05. The molecule has 0 spiro atoms. The molecular formula is C10H14N2O4. The SMILES string of the molecule is CN1C(=O)CC(N2CC(CO)CC2=O)C1=O. The van der Waals surface area contributed by atoms with E-state index in [2.05, 4.69) is 0 Å². The molecule has 3 amide bonds. The topological polar surface area (TPSA) is 77.9 Å². The molecule has 0 bridgehead atoms. The lowest BCUT2D eigenvalue weighted by atomic mass is 10.1. The summed E-state index contributed by atoms with van der Waals surface area (Å²) >= 11 is 0. The Bertz CT molecular complexity index is 355. The van der Waals surface area contributed by atoms with E-state index in [1.165, 1.54) is 11.9 Å². The van der Waals surface area contributed by atoms with Gasteiger partial charge >= 0.3 is 0 Å². The van der Waals surface area contributed by atoms with E-state index in [-0.39, 0.29) is 43.1 Å². The summed E-state index contributed by atoms with van der Waals surface area (Å²) in [7, 11) is 1.43. The maximum absolute atomic E-state index is 11.7. The van der Waals surface area contributed by atoms with Crippen molar-refractivity contribution in [3.63, 3.8) is 0 Å². The summed E-state index contributed by atoms with van der Waals surface area (Å²) in [6.45, 7) is 0.305. The number of carbonyl (C=O) groups excluding carboxylic acids is 3. The van der Waals surface area contributed by atoms with E-state index in [0.717, 1.165) is 4.90 Å². The summed E-state index contributed by atoms with van der Waals surface area (Å²) in [5.74, 6) is -0.839. The van der Waals surface area contributed by atoms with Crippen LogP contribution in [0.5, 0.6) is 0 Å². The average Bonchev–Trinajstić information content (AvgIpc) is 2.74. The summed E-state index contributed by atoms with van der Waals surface area (Å²) in [6, 6.07) is -0.651. The second-order valence-corrected chi connectivity index (χ2v) is 4.31. The first-order chi connectivity index (χ1) is 7.54. The molecule has 2 fully saturated rings. The van der Waals surface area contributed by atoms with Gasteiger partial charge in [0.1, 0.15) is 6.04 Å². The molecule has 1 N–H and O–H groups in total. The van der Waals surface area contributed by atoms with E-state index in [1.54, 1.807) is 0 Å². The van der Waals surface area contributed by atoms with Gasteiger partial charge in [0.05, 0.1) is 6.42 Å².